The minimum atomic E-state index is -0.179. The van der Waals surface area contributed by atoms with Gasteiger partial charge >= 0.3 is 0 Å². The first-order valence-electron chi connectivity index (χ1n) is 7.02. The summed E-state index contributed by atoms with van der Waals surface area (Å²) in [5.41, 5.74) is -0.179. The Balaban J connectivity index is 1.74. The zero-order valence-electron chi connectivity index (χ0n) is 11.1. The fraction of sp³-hybridized carbons (Fsp3) is 0.800. The molecule has 18 heavy (non-hydrogen) atoms. The summed E-state index contributed by atoms with van der Waals surface area (Å²) in [5, 5.41) is 0. The predicted molar refractivity (Wildman–Crippen MR) is 69.1 cm³/mol. The van der Waals surface area contributed by atoms with Crippen LogP contribution in [-0.4, -0.2) is 30.0 Å². The fourth-order valence-electron chi connectivity index (χ4n) is 3.53. The van der Waals surface area contributed by atoms with Crippen LogP contribution < -0.4 is 0 Å². The van der Waals surface area contributed by atoms with Gasteiger partial charge in [0.05, 0.1) is 18.3 Å². The second kappa shape index (κ2) is 4.36. The van der Waals surface area contributed by atoms with Crippen molar-refractivity contribution in [2.24, 2.45) is 5.92 Å². The van der Waals surface area contributed by atoms with Gasteiger partial charge in [0.25, 0.3) is 0 Å². The topological polar surface area (TPSA) is 22.8 Å². The summed E-state index contributed by atoms with van der Waals surface area (Å²) in [7, 11) is 0. The lowest BCUT2D eigenvalue weighted by molar-refractivity contribution is -0.141. The van der Waals surface area contributed by atoms with Crippen molar-refractivity contribution < 1.29 is 9.47 Å². The second-order valence-electron chi connectivity index (χ2n) is 6.07. The third-order valence-electron chi connectivity index (χ3n) is 4.63. The van der Waals surface area contributed by atoms with E-state index in [9.17, 15) is 0 Å². The van der Waals surface area contributed by atoms with Gasteiger partial charge in [-0.3, -0.25) is 0 Å². The largest absolute Gasteiger partial charge is 0.371 e. The molecular weight excluding hydrogens is 226 g/mol. The van der Waals surface area contributed by atoms with Crippen molar-refractivity contribution in [1.82, 2.24) is 0 Å². The monoisotopic (exact) mass is 247 g/mol. The van der Waals surface area contributed by atoms with E-state index in [0.29, 0.717) is 12.0 Å². The van der Waals surface area contributed by atoms with Crippen molar-refractivity contribution in [3.63, 3.8) is 0 Å². The summed E-state index contributed by atoms with van der Waals surface area (Å²) < 4.78 is 12.5. The van der Waals surface area contributed by atoms with E-state index >= 15 is 0 Å². The highest BCUT2D eigenvalue weighted by atomic mass is 16.6. The van der Waals surface area contributed by atoms with E-state index in [1.165, 1.54) is 0 Å². The minimum Gasteiger partial charge on any atom is -0.371 e. The molecule has 2 aliphatic heterocycles. The van der Waals surface area contributed by atoms with E-state index in [-0.39, 0.29) is 23.9 Å². The van der Waals surface area contributed by atoms with Crippen molar-refractivity contribution in [2.45, 2.75) is 69.5 Å². The maximum Gasteiger partial charge on any atom is 0.223 e. The number of ether oxygens (including phenoxy) is 2. The van der Waals surface area contributed by atoms with E-state index < -0.39 is 0 Å². The number of nitrogens with zero attached hydrogens (tertiary/aromatic N) is 1. The Labute approximate surface area is 109 Å². The number of hydrogen-bond acceptors (Lipinski definition) is 2. The molecule has 2 fully saturated rings. The van der Waals surface area contributed by atoms with E-state index in [1.54, 1.807) is 0 Å². The van der Waals surface area contributed by atoms with Crippen LogP contribution in [0.3, 0.4) is 0 Å². The van der Waals surface area contributed by atoms with Gasteiger partial charge in [-0.25, -0.2) is 6.57 Å². The molecule has 3 rings (SSSR count). The molecule has 0 saturated carbocycles. The lowest BCUT2D eigenvalue weighted by atomic mass is 9.80. The zero-order valence-corrected chi connectivity index (χ0v) is 11.1. The van der Waals surface area contributed by atoms with Crippen LogP contribution in [0.1, 0.15) is 39.5 Å². The van der Waals surface area contributed by atoms with Crippen LogP contribution in [0.15, 0.2) is 12.2 Å². The van der Waals surface area contributed by atoms with Gasteiger partial charge in [-0.2, -0.15) is 0 Å². The lowest BCUT2D eigenvalue weighted by Crippen LogP contribution is -2.47. The fourth-order valence-corrected chi connectivity index (χ4v) is 3.53. The van der Waals surface area contributed by atoms with E-state index in [0.717, 1.165) is 25.7 Å². The molecule has 0 N–H and O–H groups in total. The Bertz CT molecular complexity index is 400. The van der Waals surface area contributed by atoms with Crippen LogP contribution in [0.2, 0.25) is 0 Å². The Morgan fingerprint density at radius 2 is 2.33 bits per heavy atom. The summed E-state index contributed by atoms with van der Waals surface area (Å²) in [5.74, 6) is 0.505. The third kappa shape index (κ3) is 1.88. The summed E-state index contributed by atoms with van der Waals surface area (Å²) in [6, 6.07) is 0.0626. The van der Waals surface area contributed by atoms with Gasteiger partial charge in [-0.15, -0.1) is 0 Å². The van der Waals surface area contributed by atoms with Crippen LogP contribution >= 0.6 is 0 Å². The first-order chi connectivity index (χ1) is 8.63. The summed E-state index contributed by atoms with van der Waals surface area (Å²) >= 11 is 0. The van der Waals surface area contributed by atoms with E-state index in [1.807, 2.05) is 6.92 Å². The molecule has 0 aromatic carbocycles. The Morgan fingerprint density at radius 1 is 1.50 bits per heavy atom. The molecule has 6 atom stereocenters. The molecule has 0 aromatic rings. The van der Waals surface area contributed by atoms with Gasteiger partial charge in [-0.1, -0.05) is 19.1 Å². The van der Waals surface area contributed by atoms with Crippen molar-refractivity contribution >= 4 is 0 Å². The lowest BCUT2D eigenvalue weighted by Gasteiger charge is -2.40. The number of hydrogen-bond donors (Lipinski definition) is 0. The first-order valence-corrected chi connectivity index (χ1v) is 7.02. The van der Waals surface area contributed by atoms with Gasteiger partial charge in [0.2, 0.25) is 6.04 Å². The van der Waals surface area contributed by atoms with E-state index in [2.05, 4.69) is 23.9 Å². The molecule has 3 nitrogen and oxygen atoms in total. The molecule has 0 radical (unpaired) electrons. The van der Waals surface area contributed by atoms with Gasteiger partial charge in [0.1, 0.15) is 5.60 Å². The summed E-state index contributed by atoms with van der Waals surface area (Å²) in [6.45, 7) is 11.3. The molecule has 2 bridgehead atoms. The molecule has 2 heterocycles. The zero-order chi connectivity index (χ0) is 12.8. The number of fused-ring (bicyclic) bond motifs is 1. The highest BCUT2D eigenvalue weighted by molar-refractivity contribution is 5.20. The average Bonchev–Trinajstić information content (AvgIpc) is 2.68. The molecule has 0 aromatic heterocycles. The standard InChI is InChI=1S/C15H21NO2/c1-10-6-7-15-9-13(10)17-14(15)5-4-12(18-15)8-11(2)16-3/h6-7,10-14H,4-5,8-9H2,1-2H3/t10-,11-,12-,13-,14+,15+/m1/s1. The smallest absolute Gasteiger partial charge is 0.223 e. The van der Waals surface area contributed by atoms with Crippen LogP contribution in [0.5, 0.6) is 0 Å². The molecule has 3 aliphatic rings. The maximum atomic E-state index is 7.07. The SMILES string of the molecule is [C-]#[N+][C@H](C)C[C@H]1CC[C@@H]2O[C@@H]3C[C@]2(C=C[C@H]3C)O1. The Hall–Kier alpha value is -0.850. The van der Waals surface area contributed by atoms with Crippen molar-refractivity contribution in [2.75, 3.05) is 0 Å². The van der Waals surface area contributed by atoms with Crippen molar-refractivity contribution in [3.8, 4) is 0 Å². The second-order valence-corrected chi connectivity index (χ2v) is 6.07. The molecular formula is C15H21NO2. The normalized spacial score (nSPS) is 47.4. The summed E-state index contributed by atoms with van der Waals surface area (Å²) in [6.07, 6.45) is 9.23. The van der Waals surface area contributed by atoms with Crippen LogP contribution in [-0.2, 0) is 9.47 Å². The molecule has 1 spiro atoms. The molecule has 98 valence electrons. The maximum absolute atomic E-state index is 7.07. The first kappa shape index (κ1) is 12.2. The molecule has 0 amide bonds. The van der Waals surface area contributed by atoms with E-state index in [4.69, 9.17) is 16.0 Å². The Kier molecular flexibility index (Phi) is 2.96. The average molecular weight is 247 g/mol. The third-order valence-corrected chi connectivity index (χ3v) is 4.63. The van der Waals surface area contributed by atoms with Gasteiger partial charge in [-0.05, 0) is 12.8 Å². The quantitative estimate of drug-likeness (QED) is 0.553. The van der Waals surface area contributed by atoms with Crippen LogP contribution in [0.4, 0.5) is 0 Å². The molecule has 0 unspecified atom stereocenters. The summed E-state index contributed by atoms with van der Waals surface area (Å²) in [4.78, 5) is 3.58. The highest BCUT2D eigenvalue weighted by Gasteiger charge is 2.54. The van der Waals surface area contributed by atoms with Gasteiger partial charge in [0, 0.05) is 25.7 Å². The minimum absolute atomic E-state index is 0.0626. The van der Waals surface area contributed by atoms with Crippen LogP contribution in [0, 0.1) is 12.5 Å². The van der Waals surface area contributed by atoms with Gasteiger partial charge < -0.3 is 14.3 Å². The Morgan fingerprint density at radius 3 is 3.11 bits per heavy atom. The van der Waals surface area contributed by atoms with Crippen molar-refractivity contribution in [3.05, 3.63) is 23.6 Å². The molecule has 3 heteroatoms. The molecule has 1 aliphatic carbocycles. The molecule has 2 saturated heterocycles. The van der Waals surface area contributed by atoms with Gasteiger partial charge in [0.15, 0.2) is 0 Å². The predicted octanol–water partition coefficient (Wildman–Crippen LogP) is 2.97. The van der Waals surface area contributed by atoms with Crippen LogP contribution in [0.25, 0.3) is 4.85 Å². The number of rotatable bonds is 2. The highest BCUT2D eigenvalue weighted by Crippen LogP contribution is 2.48. The van der Waals surface area contributed by atoms with Crippen molar-refractivity contribution in [1.29, 1.82) is 0 Å².